The van der Waals surface area contributed by atoms with E-state index in [1.54, 1.807) is 19.2 Å². The highest BCUT2D eigenvalue weighted by Gasteiger charge is 2.17. The van der Waals surface area contributed by atoms with Gasteiger partial charge in [-0.25, -0.2) is 18.1 Å². The number of benzene rings is 1. The highest BCUT2D eigenvalue weighted by molar-refractivity contribution is 7.89. The van der Waals surface area contributed by atoms with Crippen LogP contribution in [0.1, 0.15) is 16.1 Å². The SMILES string of the molecule is CNCc1ccc(C)c(S(=O)(=O)NCCc2nccs2)c1. The molecule has 0 bridgehead atoms. The minimum absolute atomic E-state index is 0.342. The van der Waals surface area contributed by atoms with Crippen LogP contribution in [0.2, 0.25) is 0 Å². The normalized spacial score (nSPS) is 11.7. The highest BCUT2D eigenvalue weighted by Crippen LogP contribution is 2.17. The largest absolute Gasteiger partial charge is 0.316 e. The fourth-order valence-electron chi connectivity index (χ4n) is 1.99. The summed E-state index contributed by atoms with van der Waals surface area (Å²) in [5.74, 6) is 0. The molecule has 0 unspecified atom stereocenters. The summed E-state index contributed by atoms with van der Waals surface area (Å²) in [5, 5.41) is 5.83. The summed E-state index contributed by atoms with van der Waals surface area (Å²) in [6, 6.07) is 5.49. The van der Waals surface area contributed by atoms with E-state index < -0.39 is 10.0 Å². The van der Waals surface area contributed by atoms with Crippen molar-refractivity contribution in [3.8, 4) is 0 Å². The molecule has 7 heteroatoms. The molecule has 0 atom stereocenters. The van der Waals surface area contributed by atoms with Crippen molar-refractivity contribution >= 4 is 21.4 Å². The summed E-state index contributed by atoms with van der Waals surface area (Å²) >= 11 is 1.53. The van der Waals surface area contributed by atoms with E-state index in [1.165, 1.54) is 11.3 Å². The van der Waals surface area contributed by atoms with Gasteiger partial charge in [0, 0.05) is 31.1 Å². The van der Waals surface area contributed by atoms with Gasteiger partial charge in [-0.3, -0.25) is 0 Å². The molecule has 5 nitrogen and oxygen atoms in total. The van der Waals surface area contributed by atoms with Crippen LogP contribution in [0.5, 0.6) is 0 Å². The molecule has 0 saturated carbocycles. The molecule has 0 aliphatic carbocycles. The smallest absolute Gasteiger partial charge is 0.240 e. The Morgan fingerprint density at radius 2 is 2.14 bits per heavy atom. The number of sulfonamides is 1. The number of hydrogen-bond acceptors (Lipinski definition) is 5. The molecule has 2 rings (SSSR count). The minimum Gasteiger partial charge on any atom is -0.316 e. The van der Waals surface area contributed by atoms with Crippen molar-refractivity contribution in [1.29, 1.82) is 0 Å². The third-order valence-corrected chi connectivity index (χ3v) is 5.48. The lowest BCUT2D eigenvalue weighted by Crippen LogP contribution is -2.26. The van der Waals surface area contributed by atoms with E-state index in [2.05, 4.69) is 15.0 Å². The van der Waals surface area contributed by atoms with Crippen LogP contribution in [0.25, 0.3) is 0 Å². The van der Waals surface area contributed by atoms with Gasteiger partial charge in [0.1, 0.15) is 0 Å². The zero-order valence-corrected chi connectivity index (χ0v) is 13.7. The van der Waals surface area contributed by atoms with Crippen molar-refractivity contribution in [2.45, 2.75) is 24.8 Å². The third kappa shape index (κ3) is 4.34. The fourth-order valence-corrected chi connectivity index (χ4v) is 3.94. The Labute approximate surface area is 129 Å². The summed E-state index contributed by atoms with van der Waals surface area (Å²) in [4.78, 5) is 4.48. The van der Waals surface area contributed by atoms with E-state index in [1.807, 2.05) is 24.6 Å². The number of rotatable bonds is 7. The maximum atomic E-state index is 12.4. The van der Waals surface area contributed by atoms with Crippen molar-refractivity contribution < 1.29 is 8.42 Å². The maximum absolute atomic E-state index is 12.4. The molecule has 21 heavy (non-hydrogen) atoms. The average Bonchev–Trinajstić information content (AvgIpc) is 2.94. The zero-order valence-electron chi connectivity index (χ0n) is 12.1. The minimum atomic E-state index is -3.49. The Balaban J connectivity index is 2.09. The van der Waals surface area contributed by atoms with E-state index in [-0.39, 0.29) is 0 Å². The van der Waals surface area contributed by atoms with Gasteiger partial charge in [-0.2, -0.15) is 0 Å². The molecule has 0 saturated heterocycles. The summed E-state index contributed by atoms with van der Waals surface area (Å²) < 4.78 is 27.4. The maximum Gasteiger partial charge on any atom is 0.240 e. The Morgan fingerprint density at radius 3 is 2.81 bits per heavy atom. The number of aromatic nitrogens is 1. The molecule has 0 fully saturated rings. The summed E-state index contributed by atoms with van der Waals surface area (Å²) in [6.07, 6.45) is 2.33. The van der Waals surface area contributed by atoms with Crippen LogP contribution >= 0.6 is 11.3 Å². The van der Waals surface area contributed by atoms with Gasteiger partial charge in [0.25, 0.3) is 0 Å². The number of thiazole rings is 1. The molecular formula is C14H19N3O2S2. The lowest BCUT2D eigenvalue weighted by molar-refractivity contribution is 0.580. The number of nitrogens with one attached hydrogen (secondary N) is 2. The fraction of sp³-hybridized carbons (Fsp3) is 0.357. The summed E-state index contributed by atoms with van der Waals surface area (Å²) in [6.45, 7) is 2.80. The molecule has 2 aromatic rings. The zero-order chi connectivity index (χ0) is 15.3. The molecular weight excluding hydrogens is 306 g/mol. The van der Waals surface area contributed by atoms with Crippen LogP contribution in [0, 0.1) is 6.92 Å². The molecule has 0 spiro atoms. The molecule has 2 N–H and O–H groups in total. The monoisotopic (exact) mass is 325 g/mol. The van der Waals surface area contributed by atoms with Crippen LogP contribution in [-0.4, -0.2) is 27.0 Å². The van der Waals surface area contributed by atoms with Gasteiger partial charge in [-0.1, -0.05) is 12.1 Å². The van der Waals surface area contributed by atoms with Gasteiger partial charge >= 0.3 is 0 Å². The molecule has 0 amide bonds. The standard InChI is InChI=1S/C14H19N3O2S2/c1-11-3-4-12(10-15-2)9-13(11)21(18,19)17-6-5-14-16-7-8-20-14/h3-4,7-9,15,17H,5-6,10H2,1-2H3. The Kier molecular flexibility index (Phi) is 5.46. The van der Waals surface area contributed by atoms with E-state index in [0.717, 1.165) is 16.1 Å². The van der Waals surface area contributed by atoms with Crippen LogP contribution in [-0.2, 0) is 23.0 Å². The first kappa shape index (κ1) is 16.1. The van der Waals surface area contributed by atoms with Crippen LogP contribution in [0.4, 0.5) is 0 Å². The first-order valence-electron chi connectivity index (χ1n) is 6.65. The average molecular weight is 325 g/mol. The van der Waals surface area contributed by atoms with E-state index in [4.69, 9.17) is 0 Å². The molecule has 1 aromatic heterocycles. The van der Waals surface area contributed by atoms with Crippen molar-refractivity contribution in [2.75, 3.05) is 13.6 Å². The van der Waals surface area contributed by atoms with Gasteiger partial charge in [0.2, 0.25) is 10.0 Å². The number of hydrogen-bond donors (Lipinski definition) is 2. The van der Waals surface area contributed by atoms with Crippen molar-refractivity contribution in [2.24, 2.45) is 0 Å². The quantitative estimate of drug-likeness (QED) is 0.813. The van der Waals surface area contributed by atoms with E-state index in [0.29, 0.717) is 24.4 Å². The number of nitrogens with zero attached hydrogens (tertiary/aromatic N) is 1. The topological polar surface area (TPSA) is 71.1 Å². The molecule has 1 aromatic carbocycles. The number of aryl methyl sites for hydroxylation is 1. The van der Waals surface area contributed by atoms with E-state index in [9.17, 15) is 8.42 Å². The second kappa shape index (κ2) is 7.13. The predicted octanol–water partition coefficient (Wildman–Crippen LogP) is 1.69. The molecule has 0 aliphatic heterocycles. The van der Waals surface area contributed by atoms with Crippen molar-refractivity contribution in [3.63, 3.8) is 0 Å². The van der Waals surface area contributed by atoms with Gasteiger partial charge in [-0.05, 0) is 31.2 Å². The van der Waals surface area contributed by atoms with Crippen LogP contribution in [0.3, 0.4) is 0 Å². The second-order valence-corrected chi connectivity index (χ2v) is 7.42. The van der Waals surface area contributed by atoms with Gasteiger partial charge in [0.05, 0.1) is 9.90 Å². The highest BCUT2D eigenvalue weighted by atomic mass is 32.2. The van der Waals surface area contributed by atoms with E-state index >= 15 is 0 Å². The van der Waals surface area contributed by atoms with Crippen LogP contribution < -0.4 is 10.0 Å². The Bertz CT molecular complexity index is 682. The lowest BCUT2D eigenvalue weighted by Gasteiger charge is -2.11. The molecule has 0 aliphatic rings. The van der Waals surface area contributed by atoms with Crippen LogP contribution in [0.15, 0.2) is 34.7 Å². The van der Waals surface area contributed by atoms with Gasteiger partial charge in [-0.15, -0.1) is 11.3 Å². The summed E-state index contributed by atoms with van der Waals surface area (Å²) in [5.41, 5.74) is 1.69. The molecule has 1 heterocycles. The van der Waals surface area contributed by atoms with Crippen molar-refractivity contribution in [1.82, 2.24) is 15.0 Å². The van der Waals surface area contributed by atoms with Gasteiger partial charge in [0.15, 0.2) is 0 Å². The Hall–Kier alpha value is -1.28. The first-order chi connectivity index (χ1) is 10.0. The Morgan fingerprint density at radius 1 is 1.33 bits per heavy atom. The first-order valence-corrected chi connectivity index (χ1v) is 9.01. The predicted molar refractivity (Wildman–Crippen MR) is 84.9 cm³/mol. The lowest BCUT2D eigenvalue weighted by atomic mass is 10.1. The van der Waals surface area contributed by atoms with Gasteiger partial charge < -0.3 is 5.32 Å². The van der Waals surface area contributed by atoms with Crippen molar-refractivity contribution in [3.05, 3.63) is 45.9 Å². The third-order valence-electron chi connectivity index (χ3n) is 3.04. The molecule has 0 radical (unpaired) electrons. The second-order valence-electron chi connectivity index (χ2n) is 4.70. The summed E-state index contributed by atoms with van der Waals surface area (Å²) in [7, 11) is -1.65. The molecule has 114 valence electrons.